The Morgan fingerprint density at radius 1 is 1.32 bits per heavy atom. The molecule has 0 bridgehead atoms. The zero-order valence-electron chi connectivity index (χ0n) is 17.9. The number of aliphatic hydroxyl groups is 2. The van der Waals surface area contributed by atoms with Crippen LogP contribution in [0.15, 0.2) is 24.3 Å². The van der Waals surface area contributed by atoms with Crippen molar-refractivity contribution in [2.45, 2.75) is 84.3 Å². The molecular formula is C23H38O5. The fraction of sp³-hybridized carbons (Fsp3) is 0.739. The van der Waals surface area contributed by atoms with Crippen molar-refractivity contribution in [2.24, 2.45) is 17.3 Å². The molecule has 0 aromatic rings. The van der Waals surface area contributed by atoms with Gasteiger partial charge in [-0.05, 0) is 31.1 Å². The molecule has 1 fully saturated rings. The van der Waals surface area contributed by atoms with Gasteiger partial charge in [0, 0.05) is 24.7 Å². The molecular weight excluding hydrogens is 356 g/mol. The van der Waals surface area contributed by atoms with Crippen molar-refractivity contribution < 1.29 is 24.5 Å². The highest BCUT2D eigenvalue weighted by Crippen LogP contribution is 2.35. The minimum Gasteiger partial charge on any atom is -0.469 e. The first-order valence-corrected chi connectivity index (χ1v) is 10.5. The summed E-state index contributed by atoms with van der Waals surface area (Å²) in [5.41, 5.74) is -0.227. The van der Waals surface area contributed by atoms with Crippen LogP contribution in [0.5, 0.6) is 0 Å². The third-order valence-corrected chi connectivity index (χ3v) is 5.76. The van der Waals surface area contributed by atoms with Gasteiger partial charge in [-0.25, -0.2) is 0 Å². The van der Waals surface area contributed by atoms with Gasteiger partial charge in [-0.2, -0.15) is 0 Å². The lowest BCUT2D eigenvalue weighted by Crippen LogP contribution is -2.28. The summed E-state index contributed by atoms with van der Waals surface area (Å²) in [6.07, 6.45) is 11.9. The Hall–Kier alpha value is -1.46. The predicted molar refractivity (Wildman–Crippen MR) is 111 cm³/mol. The van der Waals surface area contributed by atoms with E-state index in [0.717, 1.165) is 25.7 Å². The van der Waals surface area contributed by atoms with E-state index in [-0.39, 0.29) is 35.4 Å². The van der Waals surface area contributed by atoms with Gasteiger partial charge in [0.2, 0.25) is 0 Å². The Balaban J connectivity index is 2.60. The first-order valence-electron chi connectivity index (χ1n) is 10.5. The minimum absolute atomic E-state index is 0.0705. The van der Waals surface area contributed by atoms with Gasteiger partial charge in [0.15, 0.2) is 0 Å². The van der Waals surface area contributed by atoms with Crippen molar-refractivity contribution in [3.8, 4) is 0 Å². The van der Waals surface area contributed by atoms with E-state index in [9.17, 15) is 19.8 Å². The average molecular weight is 395 g/mol. The van der Waals surface area contributed by atoms with E-state index in [1.807, 2.05) is 32.1 Å². The van der Waals surface area contributed by atoms with Gasteiger partial charge in [0.1, 0.15) is 5.78 Å². The number of carbonyl (C=O) groups is 2. The Bertz CT molecular complexity index is 549. The number of allylic oxidation sites excluding steroid dienone is 2. The molecule has 0 aliphatic heterocycles. The van der Waals surface area contributed by atoms with Crippen LogP contribution in [-0.4, -0.2) is 41.3 Å². The zero-order valence-corrected chi connectivity index (χ0v) is 17.9. The summed E-state index contributed by atoms with van der Waals surface area (Å²) in [5, 5.41) is 20.8. The molecule has 1 saturated carbocycles. The highest BCUT2D eigenvalue weighted by atomic mass is 16.5. The maximum Gasteiger partial charge on any atom is 0.305 e. The molecule has 0 spiro atoms. The van der Waals surface area contributed by atoms with Crippen LogP contribution in [0.1, 0.15) is 72.1 Å². The lowest BCUT2D eigenvalue weighted by molar-refractivity contribution is -0.140. The van der Waals surface area contributed by atoms with Gasteiger partial charge in [0.25, 0.3) is 0 Å². The van der Waals surface area contributed by atoms with Crippen LogP contribution in [0.3, 0.4) is 0 Å². The third-order valence-electron chi connectivity index (χ3n) is 5.76. The largest absolute Gasteiger partial charge is 0.469 e. The van der Waals surface area contributed by atoms with E-state index in [4.69, 9.17) is 0 Å². The van der Waals surface area contributed by atoms with Crippen molar-refractivity contribution in [3.63, 3.8) is 0 Å². The predicted octanol–water partition coefficient (Wildman–Crippen LogP) is 3.98. The molecule has 0 aromatic carbocycles. The molecule has 1 unspecified atom stereocenters. The lowest BCUT2D eigenvalue weighted by Gasteiger charge is -2.29. The monoisotopic (exact) mass is 394 g/mol. The topological polar surface area (TPSA) is 83.8 Å². The number of methoxy groups -OCH3 is 1. The fourth-order valence-corrected chi connectivity index (χ4v) is 3.63. The summed E-state index contributed by atoms with van der Waals surface area (Å²) < 4.78 is 4.61. The quantitative estimate of drug-likeness (QED) is 0.297. The van der Waals surface area contributed by atoms with Gasteiger partial charge in [0.05, 0.1) is 19.3 Å². The van der Waals surface area contributed by atoms with Gasteiger partial charge in [-0.15, -0.1) is 0 Å². The number of Topliss-reactive ketones (excluding diaryl/α,β-unsaturated/α-hetero) is 1. The number of hydrogen-bond acceptors (Lipinski definition) is 5. The molecule has 0 amide bonds. The Kier molecular flexibility index (Phi) is 10.7. The second-order valence-electron chi connectivity index (χ2n) is 8.52. The maximum atomic E-state index is 12.3. The summed E-state index contributed by atoms with van der Waals surface area (Å²) in [7, 11) is 1.38. The summed E-state index contributed by atoms with van der Waals surface area (Å²) in [6.45, 7) is 6.22. The summed E-state index contributed by atoms with van der Waals surface area (Å²) in [5.74, 6) is -0.660. The van der Waals surface area contributed by atoms with E-state index >= 15 is 0 Å². The Labute approximate surface area is 169 Å². The van der Waals surface area contributed by atoms with Crippen molar-refractivity contribution in [1.29, 1.82) is 0 Å². The number of carbonyl (C=O) groups excluding carboxylic acids is 2. The summed E-state index contributed by atoms with van der Waals surface area (Å²) in [6, 6.07) is 0. The van der Waals surface area contributed by atoms with Crippen LogP contribution in [0, 0.1) is 17.3 Å². The summed E-state index contributed by atoms with van der Waals surface area (Å²) >= 11 is 0. The van der Waals surface area contributed by atoms with Crippen LogP contribution in [0.25, 0.3) is 0 Å². The van der Waals surface area contributed by atoms with Gasteiger partial charge in [-0.1, -0.05) is 57.9 Å². The van der Waals surface area contributed by atoms with Gasteiger partial charge >= 0.3 is 5.97 Å². The number of hydrogen-bond donors (Lipinski definition) is 2. The molecule has 2 N–H and O–H groups in total. The molecule has 160 valence electrons. The van der Waals surface area contributed by atoms with E-state index in [0.29, 0.717) is 19.3 Å². The fourth-order valence-electron chi connectivity index (χ4n) is 3.63. The molecule has 0 radical (unpaired) electrons. The number of unbranched alkanes of at least 4 members (excludes halogenated alkanes) is 2. The van der Waals surface area contributed by atoms with Crippen molar-refractivity contribution >= 4 is 11.8 Å². The van der Waals surface area contributed by atoms with E-state index in [1.54, 1.807) is 6.08 Å². The van der Waals surface area contributed by atoms with Crippen LogP contribution in [-0.2, 0) is 14.3 Å². The molecule has 5 nitrogen and oxygen atoms in total. The van der Waals surface area contributed by atoms with E-state index in [2.05, 4.69) is 11.7 Å². The Morgan fingerprint density at radius 3 is 2.68 bits per heavy atom. The van der Waals surface area contributed by atoms with Crippen LogP contribution in [0.4, 0.5) is 0 Å². The number of ether oxygens (including phenoxy) is 1. The smallest absolute Gasteiger partial charge is 0.305 e. The second kappa shape index (κ2) is 12.2. The second-order valence-corrected chi connectivity index (χ2v) is 8.52. The first-order chi connectivity index (χ1) is 13.2. The van der Waals surface area contributed by atoms with Gasteiger partial charge in [-0.3, -0.25) is 9.59 Å². The first kappa shape index (κ1) is 24.6. The van der Waals surface area contributed by atoms with Crippen LogP contribution >= 0.6 is 0 Å². The molecule has 0 heterocycles. The van der Waals surface area contributed by atoms with Crippen molar-refractivity contribution in [3.05, 3.63) is 24.3 Å². The molecule has 1 aliphatic carbocycles. The molecule has 1 rings (SSSR count). The molecule has 5 heteroatoms. The highest BCUT2D eigenvalue weighted by molar-refractivity contribution is 5.84. The van der Waals surface area contributed by atoms with Crippen LogP contribution in [0.2, 0.25) is 0 Å². The third kappa shape index (κ3) is 7.88. The molecule has 0 saturated heterocycles. The highest BCUT2D eigenvalue weighted by Gasteiger charge is 2.39. The number of esters is 1. The Morgan fingerprint density at radius 2 is 2.04 bits per heavy atom. The lowest BCUT2D eigenvalue weighted by atomic mass is 9.80. The van der Waals surface area contributed by atoms with E-state index < -0.39 is 12.2 Å². The standard InChI is InChI=1S/C23H38O5/c1-5-6-15-23(2,3)21(26)14-13-18-17(19(24)16-20(18)25)11-9-7-8-10-12-22(27)28-4/h7,9,13-14,17-18,20-21,25-26H,5-6,8,10-12,15-16H2,1-4H3/b9-7-,14-13+/t17-,18-,20-,21?/m1/s1. The van der Waals surface area contributed by atoms with Crippen LogP contribution < -0.4 is 0 Å². The molecule has 4 atom stereocenters. The molecule has 28 heavy (non-hydrogen) atoms. The normalized spacial score (nSPS) is 24.4. The number of aliphatic hydroxyl groups excluding tert-OH is 2. The average Bonchev–Trinajstić information content (AvgIpc) is 2.93. The van der Waals surface area contributed by atoms with Crippen molar-refractivity contribution in [2.75, 3.05) is 7.11 Å². The number of rotatable bonds is 12. The van der Waals surface area contributed by atoms with E-state index in [1.165, 1.54) is 7.11 Å². The SMILES string of the molecule is CCCCC(C)(C)C(O)/C=C/[C@H]1[C@H](O)CC(=O)[C@@H]1C/C=C\CCCC(=O)OC. The van der Waals surface area contributed by atoms with Gasteiger partial charge < -0.3 is 14.9 Å². The molecule has 0 aromatic heterocycles. The summed E-state index contributed by atoms with van der Waals surface area (Å²) in [4.78, 5) is 23.4. The number of ketones is 1. The maximum absolute atomic E-state index is 12.3. The zero-order chi connectivity index (χ0) is 21.2. The molecule has 1 aliphatic rings. The van der Waals surface area contributed by atoms with Crippen molar-refractivity contribution in [1.82, 2.24) is 0 Å². The minimum atomic E-state index is -0.688.